The molecule has 0 spiro atoms. The Labute approximate surface area is 124 Å². The van der Waals surface area contributed by atoms with E-state index in [1.54, 1.807) is 24.5 Å². The average molecular weight is 285 g/mol. The van der Waals surface area contributed by atoms with E-state index in [1.165, 1.54) is 17.2 Å². The van der Waals surface area contributed by atoms with E-state index in [-0.39, 0.29) is 5.91 Å². The monoisotopic (exact) mass is 285 g/mol. The number of carbonyl (C=O) groups excluding carboxylic acids is 1. The summed E-state index contributed by atoms with van der Waals surface area (Å²) >= 11 is 0. The molecule has 1 N–H and O–H groups in total. The van der Waals surface area contributed by atoms with E-state index >= 15 is 0 Å². The van der Waals surface area contributed by atoms with Gasteiger partial charge in [0.25, 0.3) is 0 Å². The van der Waals surface area contributed by atoms with Gasteiger partial charge in [-0.2, -0.15) is 0 Å². The largest absolute Gasteiger partial charge is 0.492 e. The molecule has 0 aliphatic rings. The standard InChI is InChI=1S/C17H19NO3/c1-13-5-6-16(12-14(13)2)21-11-9-18-17(19)8-7-15-4-3-10-20-15/h3-8,10,12H,9,11H2,1-2H3,(H,18,19). The molecule has 0 aliphatic heterocycles. The first-order chi connectivity index (χ1) is 10.1. The lowest BCUT2D eigenvalue weighted by molar-refractivity contribution is -0.116. The summed E-state index contributed by atoms with van der Waals surface area (Å²) < 4.78 is 10.7. The van der Waals surface area contributed by atoms with Crippen molar-refractivity contribution in [3.63, 3.8) is 0 Å². The van der Waals surface area contributed by atoms with Crippen LogP contribution in [0.5, 0.6) is 5.75 Å². The van der Waals surface area contributed by atoms with Crippen molar-refractivity contribution in [3.05, 3.63) is 59.6 Å². The lowest BCUT2D eigenvalue weighted by Gasteiger charge is -2.08. The van der Waals surface area contributed by atoms with Crippen molar-refractivity contribution in [1.82, 2.24) is 5.32 Å². The minimum absolute atomic E-state index is 0.171. The molecule has 2 rings (SSSR count). The van der Waals surface area contributed by atoms with Gasteiger partial charge in [0.1, 0.15) is 18.1 Å². The van der Waals surface area contributed by atoms with Gasteiger partial charge in [-0.25, -0.2) is 0 Å². The predicted octanol–water partition coefficient (Wildman–Crippen LogP) is 3.10. The highest BCUT2D eigenvalue weighted by atomic mass is 16.5. The normalized spacial score (nSPS) is 10.8. The van der Waals surface area contributed by atoms with Gasteiger partial charge in [0, 0.05) is 6.08 Å². The molecule has 0 radical (unpaired) electrons. The zero-order valence-electron chi connectivity index (χ0n) is 12.3. The fraction of sp³-hybridized carbons (Fsp3) is 0.235. The molecule has 4 heteroatoms. The van der Waals surface area contributed by atoms with Crippen LogP contribution in [0.1, 0.15) is 16.9 Å². The molecule has 0 bridgehead atoms. The molecule has 4 nitrogen and oxygen atoms in total. The van der Waals surface area contributed by atoms with Crippen LogP contribution < -0.4 is 10.1 Å². The van der Waals surface area contributed by atoms with Gasteiger partial charge in [-0.15, -0.1) is 0 Å². The lowest BCUT2D eigenvalue weighted by Crippen LogP contribution is -2.26. The van der Waals surface area contributed by atoms with E-state index in [9.17, 15) is 4.79 Å². The van der Waals surface area contributed by atoms with Gasteiger partial charge < -0.3 is 14.5 Å². The molecule has 1 heterocycles. The second kappa shape index (κ2) is 7.33. The van der Waals surface area contributed by atoms with Crippen LogP contribution in [0.2, 0.25) is 0 Å². The first kappa shape index (κ1) is 14.9. The summed E-state index contributed by atoms with van der Waals surface area (Å²) in [6.07, 6.45) is 4.63. The second-order valence-corrected chi connectivity index (χ2v) is 4.73. The maximum Gasteiger partial charge on any atom is 0.244 e. The minimum atomic E-state index is -0.171. The smallest absolute Gasteiger partial charge is 0.244 e. The Kier molecular flexibility index (Phi) is 5.21. The molecule has 0 aliphatic carbocycles. The summed E-state index contributed by atoms with van der Waals surface area (Å²) in [5.41, 5.74) is 2.43. The Morgan fingerprint density at radius 1 is 1.29 bits per heavy atom. The van der Waals surface area contributed by atoms with E-state index in [1.807, 2.05) is 25.1 Å². The van der Waals surface area contributed by atoms with Crippen molar-refractivity contribution in [1.29, 1.82) is 0 Å². The first-order valence-electron chi connectivity index (χ1n) is 6.84. The van der Waals surface area contributed by atoms with Crippen LogP contribution in [0.15, 0.2) is 47.1 Å². The van der Waals surface area contributed by atoms with Crippen LogP contribution in [-0.2, 0) is 4.79 Å². The van der Waals surface area contributed by atoms with Crippen LogP contribution >= 0.6 is 0 Å². The molecule has 2 aromatic rings. The number of benzene rings is 1. The molecule has 1 aromatic carbocycles. The first-order valence-corrected chi connectivity index (χ1v) is 6.84. The fourth-order valence-electron chi connectivity index (χ4n) is 1.75. The molecular weight excluding hydrogens is 266 g/mol. The number of carbonyl (C=O) groups is 1. The molecular formula is C17H19NO3. The molecule has 1 amide bonds. The Bertz CT molecular complexity index is 615. The number of amides is 1. The zero-order valence-corrected chi connectivity index (χ0v) is 12.3. The average Bonchev–Trinajstić information content (AvgIpc) is 2.98. The molecule has 0 unspecified atom stereocenters. The highest BCUT2D eigenvalue weighted by Crippen LogP contribution is 2.15. The number of hydrogen-bond donors (Lipinski definition) is 1. The maximum absolute atomic E-state index is 11.6. The van der Waals surface area contributed by atoms with Gasteiger partial charge >= 0.3 is 0 Å². The Balaban J connectivity index is 1.69. The molecule has 0 saturated carbocycles. The zero-order chi connectivity index (χ0) is 15.1. The van der Waals surface area contributed by atoms with Crippen molar-refractivity contribution < 1.29 is 13.9 Å². The summed E-state index contributed by atoms with van der Waals surface area (Å²) in [6, 6.07) is 9.51. The van der Waals surface area contributed by atoms with Crippen molar-refractivity contribution >= 4 is 12.0 Å². The highest BCUT2D eigenvalue weighted by Gasteiger charge is 1.99. The third kappa shape index (κ3) is 4.84. The number of hydrogen-bond acceptors (Lipinski definition) is 3. The predicted molar refractivity (Wildman–Crippen MR) is 82.2 cm³/mol. The van der Waals surface area contributed by atoms with Crippen molar-refractivity contribution in [2.75, 3.05) is 13.2 Å². The molecule has 1 aromatic heterocycles. The van der Waals surface area contributed by atoms with Crippen LogP contribution in [0, 0.1) is 13.8 Å². The van der Waals surface area contributed by atoms with Gasteiger partial charge in [-0.1, -0.05) is 6.07 Å². The second-order valence-electron chi connectivity index (χ2n) is 4.73. The van der Waals surface area contributed by atoms with Crippen molar-refractivity contribution in [2.45, 2.75) is 13.8 Å². The molecule has 110 valence electrons. The van der Waals surface area contributed by atoms with Gasteiger partial charge in [-0.05, 0) is 55.3 Å². The van der Waals surface area contributed by atoms with E-state index in [0.29, 0.717) is 18.9 Å². The fourth-order valence-corrected chi connectivity index (χ4v) is 1.75. The van der Waals surface area contributed by atoms with Gasteiger partial charge in [0.15, 0.2) is 0 Å². The molecule has 21 heavy (non-hydrogen) atoms. The van der Waals surface area contributed by atoms with Crippen LogP contribution in [-0.4, -0.2) is 19.1 Å². The Morgan fingerprint density at radius 2 is 2.14 bits per heavy atom. The third-order valence-corrected chi connectivity index (χ3v) is 3.09. The van der Waals surface area contributed by atoms with Crippen LogP contribution in [0.3, 0.4) is 0 Å². The minimum Gasteiger partial charge on any atom is -0.492 e. The van der Waals surface area contributed by atoms with Crippen LogP contribution in [0.4, 0.5) is 0 Å². The van der Waals surface area contributed by atoms with E-state index in [0.717, 1.165) is 5.75 Å². The highest BCUT2D eigenvalue weighted by molar-refractivity contribution is 5.91. The SMILES string of the molecule is Cc1ccc(OCCNC(=O)C=Cc2ccco2)cc1C. The Morgan fingerprint density at radius 3 is 2.86 bits per heavy atom. The topological polar surface area (TPSA) is 51.5 Å². The molecule has 0 saturated heterocycles. The summed E-state index contributed by atoms with van der Waals surface area (Å²) in [4.78, 5) is 11.6. The number of nitrogens with one attached hydrogen (secondary N) is 1. The number of rotatable bonds is 6. The summed E-state index contributed by atoms with van der Waals surface area (Å²) in [6.45, 7) is 4.99. The van der Waals surface area contributed by atoms with Crippen molar-refractivity contribution in [2.24, 2.45) is 0 Å². The number of furan rings is 1. The van der Waals surface area contributed by atoms with E-state index in [2.05, 4.69) is 12.2 Å². The maximum atomic E-state index is 11.6. The summed E-state index contributed by atoms with van der Waals surface area (Å²) in [5.74, 6) is 1.30. The summed E-state index contributed by atoms with van der Waals surface area (Å²) in [7, 11) is 0. The van der Waals surface area contributed by atoms with E-state index in [4.69, 9.17) is 9.15 Å². The molecule has 0 fully saturated rings. The van der Waals surface area contributed by atoms with E-state index < -0.39 is 0 Å². The number of ether oxygens (including phenoxy) is 1. The Hall–Kier alpha value is -2.49. The summed E-state index contributed by atoms with van der Waals surface area (Å²) in [5, 5.41) is 2.75. The lowest BCUT2D eigenvalue weighted by atomic mass is 10.1. The van der Waals surface area contributed by atoms with Gasteiger partial charge in [0.2, 0.25) is 5.91 Å². The van der Waals surface area contributed by atoms with Gasteiger partial charge in [-0.3, -0.25) is 4.79 Å². The quantitative estimate of drug-likeness (QED) is 0.655. The van der Waals surface area contributed by atoms with Crippen LogP contribution in [0.25, 0.3) is 6.08 Å². The van der Waals surface area contributed by atoms with Gasteiger partial charge in [0.05, 0.1) is 12.8 Å². The van der Waals surface area contributed by atoms with Crippen molar-refractivity contribution in [3.8, 4) is 5.75 Å². The number of aryl methyl sites for hydroxylation is 2. The molecule has 0 atom stereocenters. The third-order valence-electron chi connectivity index (χ3n) is 3.09.